The van der Waals surface area contributed by atoms with E-state index in [9.17, 15) is 4.79 Å². The van der Waals surface area contributed by atoms with Crippen LogP contribution >= 0.6 is 11.6 Å². The second-order valence-electron chi connectivity index (χ2n) is 8.67. The van der Waals surface area contributed by atoms with Gasteiger partial charge in [-0.2, -0.15) is 0 Å². The number of methoxy groups -OCH3 is 1. The van der Waals surface area contributed by atoms with Crippen LogP contribution in [0.25, 0.3) is 16.9 Å². The fourth-order valence-electron chi connectivity index (χ4n) is 4.51. The first-order valence-electron chi connectivity index (χ1n) is 12.3. The quantitative estimate of drug-likeness (QED) is 0.374. The number of hydrogen-bond acceptors (Lipinski definition) is 4. The van der Waals surface area contributed by atoms with Crippen LogP contribution in [0.1, 0.15) is 19.0 Å². The number of piperazine rings is 1. The van der Waals surface area contributed by atoms with Crippen molar-refractivity contribution in [3.05, 3.63) is 71.4 Å². The Kier molecular flexibility index (Phi) is 8.85. The number of nitrogens with zero attached hydrogens (tertiary/aromatic N) is 3. The molecule has 7 heteroatoms. The minimum atomic E-state index is 0.213. The molecule has 1 aromatic heterocycles. The molecule has 1 aliphatic rings. The summed E-state index contributed by atoms with van der Waals surface area (Å²) in [6.45, 7) is 7.81. The number of halogens is 1. The molecule has 0 radical (unpaired) electrons. The number of aryl methyl sites for hydroxylation is 1. The average Bonchev–Trinajstić information content (AvgIpc) is 3.32. The molecule has 35 heavy (non-hydrogen) atoms. The van der Waals surface area contributed by atoms with Gasteiger partial charge in [0.1, 0.15) is 5.75 Å². The number of ether oxygens (including phenoxy) is 2. The van der Waals surface area contributed by atoms with Gasteiger partial charge in [-0.3, -0.25) is 9.69 Å². The number of carbonyl (C=O) groups is 1. The van der Waals surface area contributed by atoms with E-state index in [0.717, 1.165) is 74.3 Å². The highest BCUT2D eigenvalue weighted by Crippen LogP contribution is 2.29. The molecule has 1 saturated heterocycles. The van der Waals surface area contributed by atoms with Crippen molar-refractivity contribution in [2.24, 2.45) is 0 Å². The fourth-order valence-corrected chi connectivity index (χ4v) is 4.63. The number of rotatable bonds is 10. The maximum Gasteiger partial charge on any atom is 0.223 e. The van der Waals surface area contributed by atoms with Crippen LogP contribution in [0.3, 0.4) is 0 Å². The van der Waals surface area contributed by atoms with Crippen LogP contribution in [0.15, 0.2) is 60.7 Å². The summed E-state index contributed by atoms with van der Waals surface area (Å²) in [6, 6.07) is 20.1. The summed E-state index contributed by atoms with van der Waals surface area (Å²) in [5.74, 6) is 1.02. The van der Waals surface area contributed by atoms with Gasteiger partial charge in [-0.05, 0) is 67.4 Å². The van der Waals surface area contributed by atoms with Crippen molar-refractivity contribution in [3.8, 4) is 22.7 Å². The van der Waals surface area contributed by atoms with E-state index in [2.05, 4.69) is 21.6 Å². The molecule has 2 aromatic carbocycles. The zero-order chi connectivity index (χ0) is 24.6. The average molecular weight is 496 g/mol. The van der Waals surface area contributed by atoms with Crippen LogP contribution in [-0.2, 0) is 16.0 Å². The van der Waals surface area contributed by atoms with Crippen LogP contribution in [0.5, 0.6) is 5.75 Å². The number of amides is 1. The molecule has 2 heterocycles. The van der Waals surface area contributed by atoms with Crippen molar-refractivity contribution in [2.45, 2.75) is 19.8 Å². The van der Waals surface area contributed by atoms with Gasteiger partial charge in [0.25, 0.3) is 0 Å². The van der Waals surface area contributed by atoms with E-state index in [1.807, 2.05) is 60.4 Å². The highest BCUT2D eigenvalue weighted by molar-refractivity contribution is 6.30. The van der Waals surface area contributed by atoms with Crippen LogP contribution in [-0.4, -0.2) is 73.3 Å². The van der Waals surface area contributed by atoms with Gasteiger partial charge in [0.2, 0.25) is 5.91 Å². The zero-order valence-corrected chi connectivity index (χ0v) is 21.3. The molecule has 0 bridgehead atoms. The fraction of sp³-hybridized carbons (Fsp3) is 0.393. The second-order valence-corrected chi connectivity index (χ2v) is 9.11. The standard InChI is InChI=1S/C28H34ClN3O3/c1-3-35-21-20-30-16-18-31(19-17-30)28(33)15-11-25-10-14-27(22-4-6-23(29)7-5-22)32(25)24-8-12-26(34-2)13-9-24/h4-10,12-14H,3,11,15-21H2,1-2H3. The molecule has 0 aliphatic carbocycles. The molecular formula is C28H34ClN3O3. The third kappa shape index (κ3) is 6.45. The maximum atomic E-state index is 13.0. The van der Waals surface area contributed by atoms with Crippen LogP contribution in [0.4, 0.5) is 0 Å². The lowest BCUT2D eigenvalue weighted by Gasteiger charge is -2.34. The second kappa shape index (κ2) is 12.2. The van der Waals surface area contributed by atoms with Crippen molar-refractivity contribution >= 4 is 17.5 Å². The minimum absolute atomic E-state index is 0.213. The summed E-state index contributed by atoms with van der Waals surface area (Å²) in [4.78, 5) is 17.4. The third-order valence-electron chi connectivity index (χ3n) is 6.51. The minimum Gasteiger partial charge on any atom is -0.497 e. The molecular weight excluding hydrogens is 462 g/mol. The topological polar surface area (TPSA) is 46.9 Å². The Morgan fingerprint density at radius 3 is 2.31 bits per heavy atom. The molecule has 0 saturated carbocycles. The van der Waals surface area contributed by atoms with E-state index in [1.54, 1.807) is 7.11 Å². The monoisotopic (exact) mass is 495 g/mol. The highest BCUT2D eigenvalue weighted by Gasteiger charge is 2.21. The zero-order valence-electron chi connectivity index (χ0n) is 20.6. The third-order valence-corrected chi connectivity index (χ3v) is 6.76. The molecule has 0 N–H and O–H groups in total. The normalized spacial score (nSPS) is 14.3. The number of benzene rings is 2. The van der Waals surface area contributed by atoms with Gasteiger partial charge >= 0.3 is 0 Å². The van der Waals surface area contributed by atoms with Gasteiger partial charge in [-0.1, -0.05) is 23.7 Å². The lowest BCUT2D eigenvalue weighted by Crippen LogP contribution is -2.49. The summed E-state index contributed by atoms with van der Waals surface area (Å²) < 4.78 is 13.0. The van der Waals surface area contributed by atoms with E-state index >= 15 is 0 Å². The van der Waals surface area contributed by atoms with Gasteiger partial charge in [0, 0.05) is 62.2 Å². The largest absolute Gasteiger partial charge is 0.497 e. The summed E-state index contributed by atoms with van der Waals surface area (Å²) in [7, 11) is 1.67. The number of aromatic nitrogens is 1. The smallest absolute Gasteiger partial charge is 0.223 e. The maximum absolute atomic E-state index is 13.0. The molecule has 1 aliphatic heterocycles. The van der Waals surface area contributed by atoms with E-state index in [0.29, 0.717) is 17.9 Å². The molecule has 186 valence electrons. The predicted octanol–water partition coefficient (Wildman–Crippen LogP) is 4.92. The van der Waals surface area contributed by atoms with E-state index in [1.165, 1.54) is 0 Å². The molecule has 0 unspecified atom stereocenters. The first kappa shape index (κ1) is 25.3. The van der Waals surface area contributed by atoms with E-state index < -0.39 is 0 Å². The Hall–Kier alpha value is -2.80. The summed E-state index contributed by atoms with van der Waals surface area (Å²) in [5, 5.41) is 0.708. The first-order valence-corrected chi connectivity index (χ1v) is 12.7. The van der Waals surface area contributed by atoms with Crippen LogP contribution < -0.4 is 4.74 Å². The lowest BCUT2D eigenvalue weighted by molar-refractivity contribution is -0.133. The Labute approximate surface area is 213 Å². The molecule has 1 amide bonds. The van der Waals surface area contributed by atoms with Crippen molar-refractivity contribution in [3.63, 3.8) is 0 Å². The van der Waals surface area contributed by atoms with Crippen molar-refractivity contribution < 1.29 is 14.3 Å². The first-order chi connectivity index (χ1) is 17.1. The van der Waals surface area contributed by atoms with E-state index in [4.69, 9.17) is 21.1 Å². The number of hydrogen-bond donors (Lipinski definition) is 0. The summed E-state index contributed by atoms with van der Waals surface area (Å²) in [5.41, 5.74) is 4.28. The number of carbonyl (C=O) groups excluding carboxylic acids is 1. The predicted molar refractivity (Wildman–Crippen MR) is 141 cm³/mol. The molecule has 3 aromatic rings. The lowest BCUT2D eigenvalue weighted by atomic mass is 10.1. The van der Waals surface area contributed by atoms with Crippen LogP contribution in [0, 0.1) is 0 Å². The Morgan fingerprint density at radius 1 is 0.943 bits per heavy atom. The Bertz CT molecular complexity index is 1090. The highest BCUT2D eigenvalue weighted by atomic mass is 35.5. The van der Waals surface area contributed by atoms with E-state index in [-0.39, 0.29) is 5.91 Å². The molecule has 4 rings (SSSR count). The molecule has 1 fully saturated rings. The van der Waals surface area contributed by atoms with Crippen molar-refractivity contribution in [1.29, 1.82) is 0 Å². The molecule has 0 spiro atoms. The summed E-state index contributed by atoms with van der Waals surface area (Å²) >= 11 is 6.12. The van der Waals surface area contributed by atoms with Crippen molar-refractivity contribution in [2.75, 3.05) is 53.0 Å². The van der Waals surface area contributed by atoms with Gasteiger partial charge < -0.3 is 18.9 Å². The van der Waals surface area contributed by atoms with Gasteiger partial charge in [0.15, 0.2) is 0 Å². The van der Waals surface area contributed by atoms with Crippen LogP contribution in [0.2, 0.25) is 5.02 Å². The van der Waals surface area contributed by atoms with Gasteiger partial charge in [-0.15, -0.1) is 0 Å². The molecule has 0 atom stereocenters. The van der Waals surface area contributed by atoms with Gasteiger partial charge in [0.05, 0.1) is 19.4 Å². The molecule has 6 nitrogen and oxygen atoms in total. The Balaban J connectivity index is 1.46. The SMILES string of the molecule is CCOCCN1CCN(C(=O)CCc2ccc(-c3ccc(Cl)cc3)n2-c2ccc(OC)cc2)CC1. The summed E-state index contributed by atoms with van der Waals surface area (Å²) in [6.07, 6.45) is 1.15. The Morgan fingerprint density at radius 2 is 1.66 bits per heavy atom. The van der Waals surface area contributed by atoms with Crippen molar-refractivity contribution in [1.82, 2.24) is 14.4 Å². The van der Waals surface area contributed by atoms with Gasteiger partial charge in [-0.25, -0.2) is 0 Å².